The number of likely N-dealkylation sites (tertiary alicyclic amines) is 1. The molecule has 1 aromatic heterocycles. The fourth-order valence-corrected chi connectivity index (χ4v) is 3.76. The van der Waals surface area contributed by atoms with E-state index >= 15 is 0 Å². The summed E-state index contributed by atoms with van der Waals surface area (Å²) in [5, 5.41) is 3.69. The molecule has 0 radical (unpaired) electrons. The van der Waals surface area contributed by atoms with Crippen molar-refractivity contribution in [3.63, 3.8) is 0 Å². The molecule has 1 aliphatic rings. The smallest absolute Gasteiger partial charge is 0.258 e. The van der Waals surface area contributed by atoms with Crippen LogP contribution in [0.25, 0.3) is 10.9 Å². The number of aromatic amines is 1. The Morgan fingerprint density at radius 2 is 2.04 bits per heavy atom. The van der Waals surface area contributed by atoms with E-state index in [-0.39, 0.29) is 23.4 Å². The van der Waals surface area contributed by atoms with Gasteiger partial charge >= 0.3 is 0 Å². The molecule has 1 saturated heterocycles. The number of hydrogen-bond donors (Lipinski definition) is 2. The Bertz CT molecular complexity index is 824. The van der Waals surface area contributed by atoms with Gasteiger partial charge in [0.2, 0.25) is 5.91 Å². The van der Waals surface area contributed by atoms with Gasteiger partial charge in [-0.05, 0) is 51.4 Å². The van der Waals surface area contributed by atoms with E-state index in [4.69, 9.17) is 0 Å². The summed E-state index contributed by atoms with van der Waals surface area (Å²) in [6, 6.07) is 7.43. The Morgan fingerprint density at radius 1 is 1.30 bits per heavy atom. The highest BCUT2D eigenvalue weighted by Crippen LogP contribution is 2.25. The number of nitrogens with one attached hydrogen (secondary N) is 2. The Hall–Kier alpha value is -2.21. The van der Waals surface area contributed by atoms with Crippen LogP contribution in [0, 0.1) is 5.92 Å². The zero-order chi connectivity index (χ0) is 19.2. The summed E-state index contributed by atoms with van der Waals surface area (Å²) >= 11 is 0. The van der Waals surface area contributed by atoms with E-state index in [9.17, 15) is 9.59 Å². The van der Waals surface area contributed by atoms with E-state index < -0.39 is 0 Å². The zero-order valence-electron chi connectivity index (χ0n) is 16.3. The molecule has 146 valence electrons. The number of carbonyl (C=O) groups excluding carboxylic acids is 1. The molecule has 1 fully saturated rings. The van der Waals surface area contributed by atoms with Crippen molar-refractivity contribution >= 4 is 16.8 Å². The van der Waals surface area contributed by atoms with Crippen LogP contribution in [0.15, 0.2) is 29.1 Å². The van der Waals surface area contributed by atoms with Crippen LogP contribution in [-0.2, 0) is 4.79 Å². The molecule has 1 unspecified atom stereocenters. The maximum absolute atomic E-state index is 12.3. The third-order valence-electron chi connectivity index (χ3n) is 5.55. The van der Waals surface area contributed by atoms with Gasteiger partial charge < -0.3 is 10.3 Å². The molecule has 1 aliphatic heterocycles. The highest BCUT2D eigenvalue weighted by Gasteiger charge is 2.28. The van der Waals surface area contributed by atoms with Crippen molar-refractivity contribution in [1.29, 1.82) is 0 Å². The van der Waals surface area contributed by atoms with Crippen molar-refractivity contribution < 1.29 is 4.79 Å². The van der Waals surface area contributed by atoms with Gasteiger partial charge in [-0.2, -0.15) is 0 Å². The summed E-state index contributed by atoms with van der Waals surface area (Å²) in [5.41, 5.74) is 0.633. The van der Waals surface area contributed by atoms with Gasteiger partial charge in [0.15, 0.2) is 0 Å². The number of unbranched alkanes of at least 4 members (excludes halogenated alkanes) is 2. The van der Waals surface area contributed by atoms with Crippen LogP contribution in [0.2, 0.25) is 0 Å². The number of piperidine rings is 1. The number of H-pyrrole nitrogens is 1. The molecule has 2 aromatic rings. The van der Waals surface area contributed by atoms with Crippen LogP contribution in [-0.4, -0.2) is 40.4 Å². The van der Waals surface area contributed by atoms with Crippen LogP contribution >= 0.6 is 0 Å². The first-order chi connectivity index (χ1) is 13.1. The monoisotopic (exact) mass is 370 g/mol. The lowest BCUT2D eigenvalue weighted by Crippen LogP contribution is -2.42. The molecule has 6 nitrogen and oxygen atoms in total. The second-order valence-corrected chi connectivity index (χ2v) is 7.45. The Morgan fingerprint density at radius 3 is 2.78 bits per heavy atom. The van der Waals surface area contributed by atoms with Crippen molar-refractivity contribution in [3.05, 3.63) is 40.4 Å². The van der Waals surface area contributed by atoms with Crippen molar-refractivity contribution in [1.82, 2.24) is 20.2 Å². The number of carbonyl (C=O) groups is 1. The molecule has 1 atom stereocenters. The van der Waals surface area contributed by atoms with Crippen LogP contribution in [0.1, 0.15) is 57.8 Å². The van der Waals surface area contributed by atoms with Gasteiger partial charge in [0.1, 0.15) is 5.82 Å². The minimum atomic E-state index is -0.0937. The lowest BCUT2D eigenvalue weighted by atomic mass is 9.95. The number of nitrogens with zero attached hydrogens (tertiary/aromatic N) is 2. The van der Waals surface area contributed by atoms with Crippen molar-refractivity contribution in [2.45, 2.75) is 52.0 Å². The van der Waals surface area contributed by atoms with E-state index in [1.54, 1.807) is 6.07 Å². The maximum atomic E-state index is 12.3. The van der Waals surface area contributed by atoms with Gasteiger partial charge in [-0.3, -0.25) is 14.5 Å². The third kappa shape index (κ3) is 4.75. The van der Waals surface area contributed by atoms with Crippen molar-refractivity contribution in [2.75, 3.05) is 19.6 Å². The summed E-state index contributed by atoms with van der Waals surface area (Å²) in [7, 11) is 0. The second kappa shape index (κ2) is 9.13. The minimum Gasteiger partial charge on any atom is -0.356 e. The number of para-hydroxylation sites is 1. The first-order valence-electron chi connectivity index (χ1n) is 10.1. The number of amides is 1. The van der Waals surface area contributed by atoms with Gasteiger partial charge in [0.25, 0.3) is 5.56 Å². The topological polar surface area (TPSA) is 78.1 Å². The van der Waals surface area contributed by atoms with E-state index in [1.807, 2.05) is 18.2 Å². The van der Waals surface area contributed by atoms with E-state index in [1.165, 1.54) is 0 Å². The zero-order valence-corrected chi connectivity index (χ0v) is 16.3. The summed E-state index contributed by atoms with van der Waals surface area (Å²) < 4.78 is 0. The fourth-order valence-electron chi connectivity index (χ4n) is 3.76. The van der Waals surface area contributed by atoms with Crippen LogP contribution in [0.4, 0.5) is 0 Å². The lowest BCUT2D eigenvalue weighted by molar-refractivity contribution is -0.126. The molecule has 27 heavy (non-hydrogen) atoms. The van der Waals surface area contributed by atoms with E-state index in [0.29, 0.717) is 11.2 Å². The number of aromatic nitrogens is 2. The average molecular weight is 370 g/mol. The Balaban J connectivity index is 1.58. The van der Waals surface area contributed by atoms with Crippen LogP contribution in [0.5, 0.6) is 0 Å². The molecular weight excluding hydrogens is 340 g/mol. The van der Waals surface area contributed by atoms with Gasteiger partial charge in [0, 0.05) is 12.5 Å². The molecule has 0 spiro atoms. The molecule has 1 amide bonds. The summed E-state index contributed by atoms with van der Waals surface area (Å²) in [5.74, 6) is 0.982. The third-order valence-corrected chi connectivity index (χ3v) is 5.55. The van der Waals surface area contributed by atoms with Gasteiger partial charge in [-0.1, -0.05) is 31.9 Å². The number of rotatable bonds is 7. The first kappa shape index (κ1) is 19.5. The predicted octanol–water partition coefficient (Wildman–Crippen LogP) is 3.00. The molecular formula is C21H30N4O2. The normalized spacial score (nSPS) is 17.1. The molecule has 0 aliphatic carbocycles. The minimum absolute atomic E-state index is 0.0240. The molecule has 2 N–H and O–H groups in total. The Labute approximate surface area is 160 Å². The van der Waals surface area contributed by atoms with Crippen molar-refractivity contribution in [3.8, 4) is 0 Å². The second-order valence-electron chi connectivity index (χ2n) is 7.45. The Kier molecular flexibility index (Phi) is 6.61. The molecule has 1 aromatic carbocycles. The molecule has 6 heteroatoms. The highest BCUT2D eigenvalue weighted by atomic mass is 16.2. The van der Waals surface area contributed by atoms with Gasteiger partial charge in [0.05, 0.1) is 16.9 Å². The SMILES string of the molecule is CCCCCNC(=O)C1CCN(C(C)c2nc3ccccc3c(=O)[nH]2)CC1. The first-order valence-corrected chi connectivity index (χ1v) is 10.1. The quantitative estimate of drug-likeness (QED) is 0.735. The standard InChI is InChI=1S/C21H30N4O2/c1-3-4-7-12-22-20(26)16-10-13-25(14-11-16)15(2)19-23-18-9-6-5-8-17(18)21(27)24-19/h5-6,8-9,15-16H,3-4,7,10-14H2,1-2H3,(H,22,26)(H,23,24,27). The van der Waals surface area contributed by atoms with E-state index in [0.717, 1.165) is 57.3 Å². The fraction of sp³-hybridized carbons (Fsp3) is 0.571. The average Bonchev–Trinajstić information content (AvgIpc) is 2.70. The summed E-state index contributed by atoms with van der Waals surface area (Å²) in [4.78, 5) is 34.5. The largest absolute Gasteiger partial charge is 0.356 e. The summed E-state index contributed by atoms with van der Waals surface area (Å²) in [6.45, 7) is 6.69. The van der Waals surface area contributed by atoms with Crippen molar-refractivity contribution in [2.24, 2.45) is 5.92 Å². The maximum Gasteiger partial charge on any atom is 0.258 e. The number of fused-ring (bicyclic) bond motifs is 1. The number of hydrogen-bond acceptors (Lipinski definition) is 4. The predicted molar refractivity (Wildman–Crippen MR) is 108 cm³/mol. The van der Waals surface area contributed by atoms with Gasteiger partial charge in [-0.25, -0.2) is 4.98 Å². The van der Waals surface area contributed by atoms with Crippen LogP contribution in [0.3, 0.4) is 0 Å². The van der Waals surface area contributed by atoms with E-state index in [2.05, 4.69) is 34.0 Å². The lowest BCUT2D eigenvalue weighted by Gasteiger charge is -2.35. The highest BCUT2D eigenvalue weighted by molar-refractivity contribution is 5.78. The van der Waals surface area contributed by atoms with Crippen LogP contribution < -0.4 is 10.9 Å². The summed E-state index contributed by atoms with van der Waals surface area (Å²) in [6.07, 6.45) is 5.08. The molecule has 0 bridgehead atoms. The molecule has 2 heterocycles. The van der Waals surface area contributed by atoms with Gasteiger partial charge in [-0.15, -0.1) is 0 Å². The molecule has 3 rings (SSSR count). The molecule has 0 saturated carbocycles. The number of benzene rings is 1.